The summed E-state index contributed by atoms with van der Waals surface area (Å²) in [5, 5.41) is 3.27. The van der Waals surface area contributed by atoms with Gasteiger partial charge in [0, 0.05) is 54.8 Å². The number of piperazine rings is 1. The predicted octanol–water partition coefficient (Wildman–Crippen LogP) is 2.10. The highest BCUT2D eigenvalue weighted by Crippen LogP contribution is 2.14. The van der Waals surface area contributed by atoms with E-state index in [0.717, 1.165) is 13.1 Å². The maximum Gasteiger partial charge on any atom is 0.254 e. The molecule has 1 atom stereocenters. The Labute approximate surface area is 141 Å². The first-order valence-electron chi connectivity index (χ1n) is 7.46. The van der Waals surface area contributed by atoms with Crippen LogP contribution < -0.4 is 5.32 Å². The van der Waals surface area contributed by atoms with E-state index in [1.165, 1.54) is 0 Å². The third-order valence-electron chi connectivity index (χ3n) is 4.02. The van der Waals surface area contributed by atoms with E-state index in [1.54, 1.807) is 42.7 Å². The molecule has 3 rings (SSSR count). The van der Waals surface area contributed by atoms with Crippen LogP contribution in [-0.4, -0.2) is 47.3 Å². The number of ketones is 1. The Bertz CT molecular complexity index is 668. The van der Waals surface area contributed by atoms with Crippen LogP contribution in [0.1, 0.15) is 33.2 Å². The molecule has 0 spiro atoms. The number of hydrogen-bond acceptors (Lipinski definition) is 3. The Balaban J connectivity index is 0.00000192. The Morgan fingerprint density at radius 3 is 2.39 bits per heavy atom. The molecule has 5 nitrogen and oxygen atoms in total. The van der Waals surface area contributed by atoms with E-state index in [9.17, 15) is 9.59 Å². The minimum Gasteiger partial charge on any atom is -0.367 e. The number of H-pyrrole nitrogens is 1. The molecule has 6 heteroatoms. The Kier molecular flexibility index (Phi) is 5.58. The van der Waals surface area contributed by atoms with E-state index in [1.807, 2.05) is 11.8 Å². The van der Waals surface area contributed by atoms with E-state index in [2.05, 4.69) is 10.3 Å². The van der Waals surface area contributed by atoms with Gasteiger partial charge >= 0.3 is 0 Å². The monoisotopic (exact) mass is 333 g/mol. The number of nitrogens with zero attached hydrogens (tertiary/aromatic N) is 1. The molecule has 1 amide bonds. The number of carbonyl (C=O) groups is 2. The molecule has 2 aromatic rings. The van der Waals surface area contributed by atoms with Gasteiger partial charge in [0.25, 0.3) is 5.91 Å². The van der Waals surface area contributed by atoms with Crippen LogP contribution in [0.4, 0.5) is 0 Å². The van der Waals surface area contributed by atoms with Crippen LogP contribution >= 0.6 is 12.4 Å². The van der Waals surface area contributed by atoms with Gasteiger partial charge in [0.1, 0.15) is 0 Å². The summed E-state index contributed by atoms with van der Waals surface area (Å²) in [6.07, 6.45) is 3.39. The van der Waals surface area contributed by atoms with Crippen molar-refractivity contribution in [2.45, 2.75) is 13.0 Å². The molecule has 2 N–H and O–H groups in total. The number of aromatic amines is 1. The number of aromatic nitrogens is 1. The fraction of sp³-hybridized carbons (Fsp3) is 0.294. The van der Waals surface area contributed by atoms with E-state index < -0.39 is 0 Å². The molecule has 122 valence electrons. The molecule has 1 aromatic heterocycles. The summed E-state index contributed by atoms with van der Waals surface area (Å²) < 4.78 is 0. The molecule has 1 aromatic carbocycles. The van der Waals surface area contributed by atoms with Crippen molar-refractivity contribution < 1.29 is 9.59 Å². The second-order valence-electron chi connectivity index (χ2n) is 5.56. The van der Waals surface area contributed by atoms with Gasteiger partial charge < -0.3 is 15.2 Å². The number of carbonyl (C=O) groups excluding carboxylic acids is 2. The highest BCUT2D eigenvalue weighted by molar-refractivity contribution is 6.09. The number of halogens is 1. The fourth-order valence-corrected chi connectivity index (χ4v) is 2.70. The Hall–Kier alpha value is -2.11. The van der Waals surface area contributed by atoms with Crippen LogP contribution in [0.25, 0.3) is 0 Å². The fourth-order valence-electron chi connectivity index (χ4n) is 2.70. The van der Waals surface area contributed by atoms with Crippen LogP contribution in [0.5, 0.6) is 0 Å². The summed E-state index contributed by atoms with van der Waals surface area (Å²) in [5.74, 6) is -0.0227. The van der Waals surface area contributed by atoms with E-state index in [-0.39, 0.29) is 30.1 Å². The van der Waals surface area contributed by atoms with Crippen LogP contribution in [-0.2, 0) is 0 Å². The first-order valence-corrected chi connectivity index (χ1v) is 7.46. The maximum absolute atomic E-state index is 12.5. The molecule has 23 heavy (non-hydrogen) atoms. The molecule has 0 saturated carbocycles. The predicted molar refractivity (Wildman–Crippen MR) is 91.3 cm³/mol. The molecular formula is C17H20ClN3O2. The van der Waals surface area contributed by atoms with Crippen LogP contribution in [0.15, 0.2) is 42.7 Å². The van der Waals surface area contributed by atoms with E-state index in [0.29, 0.717) is 23.2 Å². The third kappa shape index (κ3) is 3.63. The van der Waals surface area contributed by atoms with E-state index in [4.69, 9.17) is 0 Å². The second-order valence-corrected chi connectivity index (χ2v) is 5.56. The number of amides is 1. The van der Waals surface area contributed by atoms with Crippen molar-refractivity contribution in [3.05, 3.63) is 59.4 Å². The number of hydrogen-bond donors (Lipinski definition) is 2. The molecule has 0 aliphatic carbocycles. The van der Waals surface area contributed by atoms with Gasteiger partial charge in [-0.25, -0.2) is 0 Å². The van der Waals surface area contributed by atoms with Crippen molar-refractivity contribution in [1.82, 2.24) is 15.2 Å². The highest BCUT2D eigenvalue weighted by atomic mass is 35.5. The largest absolute Gasteiger partial charge is 0.367 e. The highest BCUT2D eigenvalue weighted by Gasteiger charge is 2.24. The topological polar surface area (TPSA) is 65.2 Å². The molecule has 2 heterocycles. The van der Waals surface area contributed by atoms with Gasteiger partial charge in [-0.1, -0.05) is 12.1 Å². The zero-order chi connectivity index (χ0) is 15.5. The zero-order valence-corrected chi connectivity index (χ0v) is 13.7. The van der Waals surface area contributed by atoms with Crippen LogP contribution in [0.2, 0.25) is 0 Å². The average Bonchev–Trinajstić information content (AvgIpc) is 3.09. The lowest BCUT2D eigenvalue weighted by atomic mass is 10.0. The van der Waals surface area contributed by atoms with E-state index >= 15 is 0 Å². The minimum atomic E-state index is -0.0456. The molecule has 1 aliphatic rings. The van der Waals surface area contributed by atoms with Crippen molar-refractivity contribution in [2.75, 3.05) is 19.6 Å². The van der Waals surface area contributed by atoms with Gasteiger partial charge in [0.15, 0.2) is 5.78 Å². The first kappa shape index (κ1) is 17.2. The summed E-state index contributed by atoms with van der Waals surface area (Å²) in [5.41, 5.74) is 1.83. The smallest absolute Gasteiger partial charge is 0.254 e. The molecule has 0 bridgehead atoms. The lowest BCUT2D eigenvalue weighted by molar-refractivity contribution is 0.0655. The average molecular weight is 334 g/mol. The van der Waals surface area contributed by atoms with Crippen molar-refractivity contribution in [1.29, 1.82) is 0 Å². The van der Waals surface area contributed by atoms with Crippen molar-refractivity contribution in [2.24, 2.45) is 0 Å². The summed E-state index contributed by atoms with van der Waals surface area (Å²) in [6.45, 7) is 4.38. The SMILES string of the molecule is C[C@@H]1CNCCN1C(=O)c1ccc(C(=O)c2cc[nH]c2)cc1.Cl. The van der Waals surface area contributed by atoms with Crippen molar-refractivity contribution in [3.63, 3.8) is 0 Å². The molecule has 1 saturated heterocycles. The molecular weight excluding hydrogens is 314 g/mol. The zero-order valence-electron chi connectivity index (χ0n) is 12.9. The molecule has 1 aliphatic heterocycles. The third-order valence-corrected chi connectivity index (χ3v) is 4.02. The van der Waals surface area contributed by atoms with Crippen molar-refractivity contribution in [3.8, 4) is 0 Å². The van der Waals surface area contributed by atoms with Gasteiger partial charge in [-0.15, -0.1) is 12.4 Å². The van der Waals surface area contributed by atoms with Gasteiger partial charge in [-0.05, 0) is 25.1 Å². The normalized spacial score (nSPS) is 17.4. The molecule has 0 radical (unpaired) electrons. The standard InChI is InChI=1S/C17H19N3O2.ClH/c1-12-10-19-8-9-20(12)17(22)14-4-2-13(3-5-14)16(21)15-6-7-18-11-15;/h2-7,11-12,18-19H,8-10H2,1H3;1H/t12-;/m1./s1. The number of nitrogens with one attached hydrogen (secondary N) is 2. The number of benzene rings is 1. The molecule has 1 fully saturated rings. The minimum absolute atomic E-state index is 0. The summed E-state index contributed by atoms with van der Waals surface area (Å²) in [4.78, 5) is 29.5. The Morgan fingerprint density at radius 1 is 1.09 bits per heavy atom. The quantitative estimate of drug-likeness (QED) is 0.845. The summed E-state index contributed by atoms with van der Waals surface area (Å²) >= 11 is 0. The lowest BCUT2D eigenvalue weighted by Crippen LogP contribution is -2.52. The second kappa shape index (κ2) is 7.44. The van der Waals surface area contributed by atoms with Crippen LogP contribution in [0.3, 0.4) is 0 Å². The summed E-state index contributed by atoms with van der Waals surface area (Å²) in [7, 11) is 0. The Morgan fingerprint density at radius 2 is 1.78 bits per heavy atom. The molecule has 0 unspecified atom stereocenters. The van der Waals surface area contributed by atoms with Crippen molar-refractivity contribution >= 4 is 24.1 Å². The maximum atomic E-state index is 12.5. The van der Waals surface area contributed by atoms with Gasteiger partial charge in [-0.3, -0.25) is 9.59 Å². The number of rotatable bonds is 3. The summed E-state index contributed by atoms with van der Waals surface area (Å²) in [6, 6.07) is 8.82. The van der Waals surface area contributed by atoms with Gasteiger partial charge in [0.2, 0.25) is 0 Å². The first-order chi connectivity index (χ1) is 10.7. The van der Waals surface area contributed by atoms with Gasteiger partial charge in [0.05, 0.1) is 0 Å². The lowest BCUT2D eigenvalue weighted by Gasteiger charge is -2.34. The van der Waals surface area contributed by atoms with Crippen LogP contribution in [0, 0.1) is 0 Å². The van der Waals surface area contributed by atoms with Gasteiger partial charge in [-0.2, -0.15) is 0 Å².